The third kappa shape index (κ3) is 2.72. The van der Waals surface area contributed by atoms with E-state index in [0.717, 1.165) is 36.0 Å². The molecule has 1 N–H and O–H groups in total. The van der Waals surface area contributed by atoms with E-state index in [1.54, 1.807) is 13.3 Å². The number of nitrogens with zero attached hydrogens (tertiary/aromatic N) is 4. The van der Waals surface area contributed by atoms with Gasteiger partial charge in [0.15, 0.2) is 5.82 Å². The first-order chi connectivity index (χ1) is 11.4. The van der Waals surface area contributed by atoms with E-state index < -0.39 is 0 Å². The van der Waals surface area contributed by atoms with Gasteiger partial charge < -0.3 is 10.1 Å². The molecular weight excluding hydrogens is 290 g/mol. The molecule has 1 saturated carbocycles. The van der Waals surface area contributed by atoms with Crippen molar-refractivity contribution in [2.24, 2.45) is 0 Å². The summed E-state index contributed by atoms with van der Waals surface area (Å²) in [5.74, 6) is 3.31. The third-order valence-electron chi connectivity index (χ3n) is 4.18. The van der Waals surface area contributed by atoms with Crippen molar-refractivity contribution >= 4 is 11.5 Å². The minimum atomic E-state index is 0.564. The fourth-order valence-electron chi connectivity index (χ4n) is 2.81. The monoisotopic (exact) mass is 309 g/mol. The average Bonchev–Trinajstić information content (AvgIpc) is 3.34. The van der Waals surface area contributed by atoms with Crippen LogP contribution in [-0.2, 0) is 6.42 Å². The van der Waals surface area contributed by atoms with E-state index in [1.807, 2.05) is 24.4 Å². The van der Waals surface area contributed by atoms with Crippen LogP contribution in [0.25, 0.3) is 5.65 Å². The van der Waals surface area contributed by atoms with Crippen LogP contribution in [0.15, 0.2) is 36.7 Å². The van der Waals surface area contributed by atoms with E-state index in [1.165, 1.54) is 18.4 Å². The molecule has 1 aromatic carbocycles. The van der Waals surface area contributed by atoms with Gasteiger partial charge in [-0.15, -0.1) is 10.2 Å². The minimum Gasteiger partial charge on any atom is -0.496 e. The Hall–Kier alpha value is -2.63. The van der Waals surface area contributed by atoms with Gasteiger partial charge in [-0.05, 0) is 30.9 Å². The normalized spacial score (nSPS) is 14.1. The number of anilines is 1. The maximum atomic E-state index is 5.39. The van der Waals surface area contributed by atoms with Crippen LogP contribution in [0.5, 0.6) is 5.75 Å². The predicted octanol–water partition coefficient (Wildman–Crippen LogP) is 2.66. The zero-order valence-corrected chi connectivity index (χ0v) is 13.1. The van der Waals surface area contributed by atoms with E-state index in [2.05, 4.69) is 31.0 Å². The lowest BCUT2D eigenvalue weighted by atomic mass is 10.1. The first kappa shape index (κ1) is 14.0. The van der Waals surface area contributed by atoms with Crippen molar-refractivity contribution < 1.29 is 4.74 Å². The molecule has 6 nitrogen and oxygen atoms in total. The second kappa shape index (κ2) is 5.87. The van der Waals surface area contributed by atoms with Crippen LogP contribution in [0, 0.1) is 0 Å². The molecule has 0 bridgehead atoms. The largest absolute Gasteiger partial charge is 0.496 e. The molecule has 118 valence electrons. The minimum absolute atomic E-state index is 0.564. The highest BCUT2D eigenvalue weighted by atomic mass is 16.5. The molecule has 4 rings (SSSR count). The molecule has 0 amide bonds. The SMILES string of the molecule is COc1ccccc1CCNc1nccn2c(C3CC3)nnc12. The average molecular weight is 309 g/mol. The molecule has 0 saturated heterocycles. The van der Waals surface area contributed by atoms with Crippen LogP contribution in [-0.4, -0.2) is 33.2 Å². The molecule has 2 heterocycles. The quantitative estimate of drug-likeness (QED) is 0.758. The topological polar surface area (TPSA) is 64.3 Å². The molecule has 23 heavy (non-hydrogen) atoms. The van der Waals surface area contributed by atoms with Crippen molar-refractivity contribution in [1.82, 2.24) is 19.6 Å². The first-order valence-electron chi connectivity index (χ1n) is 7.92. The van der Waals surface area contributed by atoms with Gasteiger partial charge in [0.05, 0.1) is 7.11 Å². The van der Waals surface area contributed by atoms with Crippen LogP contribution in [0.2, 0.25) is 0 Å². The van der Waals surface area contributed by atoms with Gasteiger partial charge in [0.2, 0.25) is 5.65 Å². The van der Waals surface area contributed by atoms with Gasteiger partial charge in [-0.25, -0.2) is 4.98 Å². The lowest BCUT2D eigenvalue weighted by molar-refractivity contribution is 0.410. The lowest BCUT2D eigenvalue weighted by Gasteiger charge is -2.09. The van der Waals surface area contributed by atoms with Crippen molar-refractivity contribution in [1.29, 1.82) is 0 Å². The highest BCUT2D eigenvalue weighted by Gasteiger charge is 2.29. The lowest BCUT2D eigenvalue weighted by Crippen LogP contribution is -2.08. The van der Waals surface area contributed by atoms with Crippen molar-refractivity contribution in [3.63, 3.8) is 0 Å². The van der Waals surface area contributed by atoms with E-state index in [-0.39, 0.29) is 0 Å². The van der Waals surface area contributed by atoms with E-state index in [9.17, 15) is 0 Å². The van der Waals surface area contributed by atoms with Crippen molar-refractivity contribution in [3.8, 4) is 5.75 Å². The van der Waals surface area contributed by atoms with Gasteiger partial charge in [-0.1, -0.05) is 18.2 Å². The summed E-state index contributed by atoms with van der Waals surface area (Å²) in [6.45, 7) is 0.763. The highest BCUT2D eigenvalue weighted by molar-refractivity contribution is 5.62. The summed E-state index contributed by atoms with van der Waals surface area (Å²) in [5, 5.41) is 12.0. The Morgan fingerprint density at radius 3 is 2.96 bits per heavy atom. The number of fused-ring (bicyclic) bond motifs is 1. The van der Waals surface area contributed by atoms with Crippen LogP contribution in [0.4, 0.5) is 5.82 Å². The summed E-state index contributed by atoms with van der Waals surface area (Å²) in [6.07, 6.45) is 7.01. The number of rotatable bonds is 6. The molecule has 0 spiro atoms. The van der Waals surface area contributed by atoms with Gasteiger partial charge in [0.25, 0.3) is 0 Å². The predicted molar refractivity (Wildman–Crippen MR) is 87.9 cm³/mol. The van der Waals surface area contributed by atoms with Gasteiger partial charge in [-0.2, -0.15) is 0 Å². The number of hydrogen-bond donors (Lipinski definition) is 1. The molecule has 0 unspecified atom stereocenters. The molecular formula is C17H19N5O. The molecule has 1 aliphatic rings. The third-order valence-corrected chi connectivity index (χ3v) is 4.18. The van der Waals surface area contributed by atoms with Gasteiger partial charge in [0, 0.05) is 24.9 Å². The second-order valence-corrected chi connectivity index (χ2v) is 5.79. The zero-order chi connectivity index (χ0) is 15.6. The van der Waals surface area contributed by atoms with Crippen molar-refractivity contribution in [3.05, 3.63) is 48.0 Å². The number of ether oxygens (including phenoxy) is 1. The van der Waals surface area contributed by atoms with Crippen LogP contribution >= 0.6 is 0 Å². The summed E-state index contributed by atoms with van der Waals surface area (Å²) in [4.78, 5) is 4.41. The summed E-state index contributed by atoms with van der Waals surface area (Å²) in [6, 6.07) is 8.07. The molecule has 0 radical (unpaired) electrons. The Kier molecular flexibility index (Phi) is 3.57. The first-order valence-corrected chi connectivity index (χ1v) is 7.92. The smallest absolute Gasteiger partial charge is 0.203 e. The Morgan fingerprint density at radius 1 is 1.26 bits per heavy atom. The molecule has 0 aliphatic heterocycles. The van der Waals surface area contributed by atoms with Gasteiger partial charge in [-0.3, -0.25) is 4.40 Å². The fraction of sp³-hybridized carbons (Fsp3) is 0.353. The Balaban J connectivity index is 1.50. The maximum Gasteiger partial charge on any atom is 0.203 e. The molecule has 2 aromatic heterocycles. The van der Waals surface area contributed by atoms with Crippen LogP contribution in [0.1, 0.15) is 30.1 Å². The zero-order valence-electron chi connectivity index (χ0n) is 13.1. The number of aromatic nitrogens is 4. The van der Waals surface area contributed by atoms with E-state index in [0.29, 0.717) is 5.92 Å². The summed E-state index contributed by atoms with van der Waals surface area (Å²) in [5.41, 5.74) is 1.98. The molecule has 6 heteroatoms. The molecule has 3 aromatic rings. The number of methoxy groups -OCH3 is 1. The number of benzene rings is 1. The highest BCUT2D eigenvalue weighted by Crippen LogP contribution is 2.39. The number of para-hydroxylation sites is 1. The fourth-order valence-corrected chi connectivity index (χ4v) is 2.81. The van der Waals surface area contributed by atoms with Gasteiger partial charge in [0.1, 0.15) is 11.6 Å². The molecule has 1 aliphatic carbocycles. The summed E-state index contributed by atoms with van der Waals surface area (Å²) < 4.78 is 7.44. The standard InChI is InChI=1S/C17H19N5O/c1-23-14-5-3-2-4-12(14)8-9-18-15-17-21-20-16(13-6-7-13)22(17)11-10-19-15/h2-5,10-11,13H,6-9H2,1H3,(H,18,19). The van der Waals surface area contributed by atoms with Crippen LogP contribution in [0.3, 0.4) is 0 Å². The number of hydrogen-bond acceptors (Lipinski definition) is 5. The van der Waals surface area contributed by atoms with E-state index in [4.69, 9.17) is 4.74 Å². The summed E-state index contributed by atoms with van der Waals surface area (Å²) in [7, 11) is 1.70. The van der Waals surface area contributed by atoms with Gasteiger partial charge >= 0.3 is 0 Å². The second-order valence-electron chi connectivity index (χ2n) is 5.79. The van der Waals surface area contributed by atoms with Crippen LogP contribution < -0.4 is 10.1 Å². The summed E-state index contributed by atoms with van der Waals surface area (Å²) >= 11 is 0. The van der Waals surface area contributed by atoms with Crippen molar-refractivity contribution in [2.45, 2.75) is 25.2 Å². The Morgan fingerprint density at radius 2 is 2.13 bits per heavy atom. The maximum absolute atomic E-state index is 5.39. The molecule has 0 atom stereocenters. The molecule has 1 fully saturated rings. The Bertz CT molecular complexity index is 825. The Labute approximate surface area is 134 Å². The van der Waals surface area contributed by atoms with E-state index >= 15 is 0 Å². The van der Waals surface area contributed by atoms with Crippen molar-refractivity contribution in [2.75, 3.05) is 19.0 Å². The number of nitrogens with one attached hydrogen (secondary N) is 1.